The van der Waals surface area contributed by atoms with E-state index in [0.29, 0.717) is 6.42 Å². The van der Waals surface area contributed by atoms with Crippen LogP contribution in [0.25, 0.3) is 0 Å². The Balaban J connectivity index is 1.80. The molecule has 0 atom stereocenters. The lowest BCUT2D eigenvalue weighted by Gasteiger charge is -2.27. The highest BCUT2D eigenvalue weighted by Gasteiger charge is 2.13. The average Bonchev–Trinajstić information content (AvgIpc) is 2.57. The number of hydrogen-bond acceptors (Lipinski definition) is 4. The molecular formula is C18H28N2O2S. The molecule has 1 aliphatic rings. The maximum atomic E-state index is 12.1. The van der Waals surface area contributed by atoms with Gasteiger partial charge in [-0.2, -0.15) is 11.8 Å². The number of rotatable bonds is 9. The van der Waals surface area contributed by atoms with E-state index in [2.05, 4.69) is 23.2 Å². The molecule has 1 aromatic rings. The van der Waals surface area contributed by atoms with Crippen LogP contribution in [0, 0.1) is 0 Å². The van der Waals surface area contributed by atoms with Gasteiger partial charge in [0.1, 0.15) is 0 Å². The highest BCUT2D eigenvalue weighted by molar-refractivity contribution is 7.99. The van der Waals surface area contributed by atoms with Crippen LogP contribution in [0.4, 0.5) is 5.69 Å². The molecule has 1 fully saturated rings. The standard InChI is InChI=1S/C18H28N2O2S/c1-2-3-13-23-14-8-18(21)19-17-7-5-4-6-16(17)15-20-9-11-22-12-10-20/h4-7H,2-3,8-15H2,1H3,(H,19,21). The number of para-hydroxylation sites is 1. The van der Waals surface area contributed by atoms with E-state index in [4.69, 9.17) is 4.74 Å². The fourth-order valence-corrected chi connectivity index (χ4v) is 3.53. The Bertz CT molecular complexity index is 476. The first-order valence-electron chi connectivity index (χ1n) is 8.55. The van der Waals surface area contributed by atoms with Crippen LogP contribution in [0.5, 0.6) is 0 Å². The molecule has 1 aliphatic heterocycles. The number of unbranched alkanes of at least 4 members (excludes halogenated alkanes) is 1. The number of hydrogen-bond donors (Lipinski definition) is 1. The number of nitrogens with zero attached hydrogens (tertiary/aromatic N) is 1. The minimum atomic E-state index is 0.114. The second-order valence-corrected chi connectivity index (χ2v) is 7.03. The number of morpholine rings is 1. The lowest BCUT2D eigenvalue weighted by molar-refractivity contribution is -0.115. The van der Waals surface area contributed by atoms with Gasteiger partial charge in [-0.05, 0) is 23.8 Å². The summed E-state index contributed by atoms with van der Waals surface area (Å²) in [6.45, 7) is 6.56. The summed E-state index contributed by atoms with van der Waals surface area (Å²) in [6.07, 6.45) is 3.03. The monoisotopic (exact) mass is 336 g/mol. The molecule has 0 radical (unpaired) electrons. The zero-order valence-electron chi connectivity index (χ0n) is 14.1. The third-order valence-corrected chi connectivity index (χ3v) is 4.97. The second kappa shape index (κ2) is 10.7. The molecule has 128 valence electrons. The van der Waals surface area contributed by atoms with Gasteiger partial charge in [-0.3, -0.25) is 9.69 Å². The summed E-state index contributed by atoms with van der Waals surface area (Å²) in [5.41, 5.74) is 2.13. The van der Waals surface area contributed by atoms with Crippen LogP contribution < -0.4 is 5.32 Å². The van der Waals surface area contributed by atoms with Gasteiger partial charge in [0.25, 0.3) is 0 Å². The molecule has 1 saturated heterocycles. The molecule has 5 heteroatoms. The van der Waals surface area contributed by atoms with Crippen LogP contribution in [0.1, 0.15) is 31.7 Å². The van der Waals surface area contributed by atoms with Crippen molar-refractivity contribution in [1.29, 1.82) is 0 Å². The van der Waals surface area contributed by atoms with Crippen LogP contribution in [0.3, 0.4) is 0 Å². The third kappa shape index (κ3) is 6.94. The molecule has 4 nitrogen and oxygen atoms in total. The largest absolute Gasteiger partial charge is 0.379 e. The average molecular weight is 337 g/mol. The minimum Gasteiger partial charge on any atom is -0.379 e. The molecule has 0 spiro atoms. The van der Waals surface area contributed by atoms with Gasteiger partial charge in [0, 0.05) is 37.5 Å². The van der Waals surface area contributed by atoms with Gasteiger partial charge >= 0.3 is 0 Å². The zero-order valence-corrected chi connectivity index (χ0v) is 14.9. The summed E-state index contributed by atoms with van der Waals surface area (Å²) in [7, 11) is 0. The van der Waals surface area contributed by atoms with E-state index in [-0.39, 0.29) is 5.91 Å². The fourth-order valence-electron chi connectivity index (χ4n) is 2.51. The highest BCUT2D eigenvalue weighted by atomic mass is 32.2. The Morgan fingerprint density at radius 3 is 2.83 bits per heavy atom. The minimum absolute atomic E-state index is 0.114. The topological polar surface area (TPSA) is 41.6 Å². The predicted octanol–water partition coefficient (Wildman–Crippen LogP) is 3.38. The number of nitrogens with one attached hydrogen (secondary N) is 1. The summed E-state index contributed by atoms with van der Waals surface area (Å²) in [5.74, 6) is 2.16. The van der Waals surface area contributed by atoms with Gasteiger partial charge in [0.2, 0.25) is 5.91 Å². The molecule has 23 heavy (non-hydrogen) atoms. The number of amides is 1. The van der Waals surface area contributed by atoms with E-state index in [1.54, 1.807) is 0 Å². The first-order valence-corrected chi connectivity index (χ1v) is 9.70. The predicted molar refractivity (Wildman–Crippen MR) is 98.0 cm³/mol. The molecule has 2 rings (SSSR count). The quantitative estimate of drug-likeness (QED) is 0.702. The molecular weight excluding hydrogens is 308 g/mol. The van der Waals surface area contributed by atoms with Gasteiger partial charge in [-0.15, -0.1) is 0 Å². The first kappa shape index (κ1) is 18.3. The van der Waals surface area contributed by atoms with Crippen LogP contribution in [-0.4, -0.2) is 48.6 Å². The lowest BCUT2D eigenvalue weighted by atomic mass is 10.1. The highest BCUT2D eigenvalue weighted by Crippen LogP contribution is 2.18. The molecule has 0 unspecified atom stereocenters. The Labute approximate surface area is 144 Å². The summed E-state index contributed by atoms with van der Waals surface area (Å²) >= 11 is 1.87. The van der Waals surface area contributed by atoms with E-state index < -0.39 is 0 Å². The van der Waals surface area contributed by atoms with Crippen LogP contribution in [-0.2, 0) is 16.1 Å². The smallest absolute Gasteiger partial charge is 0.225 e. The Morgan fingerprint density at radius 2 is 2.04 bits per heavy atom. The summed E-state index contributed by atoms with van der Waals surface area (Å²) in [6, 6.07) is 8.11. The van der Waals surface area contributed by atoms with Gasteiger partial charge in [0.05, 0.1) is 13.2 Å². The normalized spacial score (nSPS) is 15.5. The van der Waals surface area contributed by atoms with Crippen LogP contribution in [0.2, 0.25) is 0 Å². The van der Waals surface area contributed by atoms with Crippen LogP contribution in [0.15, 0.2) is 24.3 Å². The van der Waals surface area contributed by atoms with E-state index >= 15 is 0 Å². The number of carbonyl (C=O) groups is 1. The maximum absolute atomic E-state index is 12.1. The Morgan fingerprint density at radius 1 is 1.26 bits per heavy atom. The number of thioether (sulfide) groups is 1. The first-order chi connectivity index (χ1) is 11.3. The van der Waals surface area contributed by atoms with Crippen molar-refractivity contribution in [3.8, 4) is 0 Å². The van der Waals surface area contributed by atoms with Crippen molar-refractivity contribution in [2.75, 3.05) is 43.1 Å². The molecule has 0 bridgehead atoms. The number of benzene rings is 1. The number of anilines is 1. The molecule has 0 saturated carbocycles. The SMILES string of the molecule is CCCCSCCC(=O)Nc1ccccc1CN1CCOCC1. The summed E-state index contributed by atoms with van der Waals surface area (Å²) in [4.78, 5) is 14.5. The maximum Gasteiger partial charge on any atom is 0.225 e. The molecule has 1 N–H and O–H groups in total. The fraction of sp³-hybridized carbons (Fsp3) is 0.611. The van der Waals surface area contributed by atoms with Gasteiger partial charge in [-0.1, -0.05) is 31.5 Å². The van der Waals surface area contributed by atoms with Gasteiger partial charge in [-0.25, -0.2) is 0 Å². The van der Waals surface area contributed by atoms with E-state index in [0.717, 1.165) is 50.0 Å². The third-order valence-electron chi connectivity index (χ3n) is 3.90. The second-order valence-electron chi connectivity index (χ2n) is 5.81. The van der Waals surface area contributed by atoms with Gasteiger partial charge in [0.15, 0.2) is 0 Å². The van der Waals surface area contributed by atoms with Crippen molar-refractivity contribution in [2.45, 2.75) is 32.7 Å². The van der Waals surface area contributed by atoms with E-state index in [9.17, 15) is 4.79 Å². The molecule has 0 aromatic heterocycles. The molecule has 1 aromatic carbocycles. The van der Waals surface area contributed by atoms with Crippen molar-refractivity contribution >= 4 is 23.4 Å². The zero-order chi connectivity index (χ0) is 16.3. The Hall–Kier alpha value is -1.04. The number of carbonyl (C=O) groups excluding carboxylic acids is 1. The Kier molecular flexibility index (Phi) is 8.50. The van der Waals surface area contributed by atoms with E-state index in [1.807, 2.05) is 30.0 Å². The van der Waals surface area contributed by atoms with Crippen molar-refractivity contribution in [1.82, 2.24) is 4.90 Å². The summed E-state index contributed by atoms with van der Waals surface area (Å²) < 4.78 is 5.39. The lowest BCUT2D eigenvalue weighted by Crippen LogP contribution is -2.35. The van der Waals surface area contributed by atoms with Crippen LogP contribution >= 0.6 is 11.8 Å². The summed E-state index contributed by atoms with van der Waals surface area (Å²) in [5, 5.41) is 3.08. The molecule has 0 aliphatic carbocycles. The van der Waals surface area contributed by atoms with E-state index in [1.165, 1.54) is 18.4 Å². The number of ether oxygens (including phenoxy) is 1. The van der Waals surface area contributed by atoms with Crippen molar-refractivity contribution in [3.05, 3.63) is 29.8 Å². The van der Waals surface area contributed by atoms with Gasteiger partial charge < -0.3 is 10.1 Å². The molecule has 1 heterocycles. The molecule has 1 amide bonds. The van der Waals surface area contributed by atoms with Crippen molar-refractivity contribution in [2.24, 2.45) is 0 Å². The van der Waals surface area contributed by atoms with Crippen molar-refractivity contribution < 1.29 is 9.53 Å². The van der Waals surface area contributed by atoms with Crippen molar-refractivity contribution in [3.63, 3.8) is 0 Å².